The van der Waals surface area contributed by atoms with Crippen LogP contribution >= 0.6 is 0 Å². The van der Waals surface area contributed by atoms with Crippen LogP contribution in [0.3, 0.4) is 0 Å². The topological polar surface area (TPSA) is 24.7 Å². The monoisotopic (exact) mass is 404 g/mol. The van der Waals surface area contributed by atoms with Gasteiger partial charge in [-0.15, -0.1) is 0 Å². The van der Waals surface area contributed by atoms with Crippen LogP contribution in [0.15, 0.2) is 58.5 Å². The molecule has 0 aliphatic rings. The Labute approximate surface area is 184 Å². The first-order chi connectivity index (χ1) is 14.7. The Morgan fingerprint density at radius 1 is 0.633 bits per heavy atom. The fraction of sp³-hybridized carbons (Fsp3) is 0.500. The van der Waals surface area contributed by atoms with E-state index < -0.39 is 0 Å². The van der Waals surface area contributed by atoms with Crippen LogP contribution in [0.1, 0.15) is 89.7 Å². The zero-order valence-electron chi connectivity index (χ0n) is 19.4. The molecule has 0 unspecified atom stereocenters. The largest absolute Gasteiger partial charge is 0.255 e. The highest BCUT2D eigenvalue weighted by atomic mass is 14.8. The molecule has 30 heavy (non-hydrogen) atoms. The Hall–Kier alpha value is -2.22. The molecule has 0 aliphatic heterocycles. The summed E-state index contributed by atoms with van der Waals surface area (Å²) in [5, 5.41) is 0. The van der Waals surface area contributed by atoms with Crippen LogP contribution in [0, 0.1) is 0 Å². The van der Waals surface area contributed by atoms with Crippen molar-refractivity contribution in [2.45, 2.75) is 91.4 Å². The minimum absolute atomic E-state index is 0.966. The van der Waals surface area contributed by atoms with Crippen LogP contribution in [-0.4, -0.2) is 11.9 Å². The third-order valence-electron chi connectivity index (χ3n) is 5.43. The average Bonchev–Trinajstić information content (AvgIpc) is 2.78. The maximum atomic E-state index is 4.88. The molecule has 0 N–H and O–H groups in total. The summed E-state index contributed by atoms with van der Waals surface area (Å²) in [5.41, 5.74) is 5.90. The summed E-state index contributed by atoms with van der Waals surface area (Å²) >= 11 is 0. The van der Waals surface area contributed by atoms with Gasteiger partial charge in [-0.25, -0.2) is 0 Å². The van der Waals surface area contributed by atoms with E-state index in [0.29, 0.717) is 0 Å². The number of aryl methyl sites for hydroxylation is 2. The number of rotatable bonds is 14. The van der Waals surface area contributed by atoms with Crippen molar-refractivity contribution in [2.75, 3.05) is 0 Å². The lowest BCUT2D eigenvalue weighted by atomic mass is 10.1. The van der Waals surface area contributed by atoms with Gasteiger partial charge in [-0.2, -0.15) is 0 Å². The number of aliphatic imine (C=N–C) groups is 2. The molecule has 0 heterocycles. The number of nitrogens with zero attached hydrogens (tertiary/aromatic N) is 2. The van der Waals surface area contributed by atoms with Crippen LogP contribution < -0.4 is 0 Å². The van der Waals surface area contributed by atoms with Gasteiger partial charge in [0.25, 0.3) is 0 Å². The van der Waals surface area contributed by atoms with Gasteiger partial charge in [-0.05, 0) is 73.9 Å². The quantitative estimate of drug-likeness (QED) is 0.222. The highest BCUT2D eigenvalue weighted by Gasteiger charge is 2.00. The van der Waals surface area contributed by atoms with Crippen LogP contribution in [0.25, 0.3) is 0 Å². The molecule has 0 atom stereocenters. The Balaban J connectivity index is 2.02. The number of hydrogen-bond donors (Lipinski definition) is 0. The van der Waals surface area contributed by atoms with Crippen molar-refractivity contribution in [1.82, 2.24) is 0 Å². The standard InChI is InChI=1S/C28H40N2/c1-4-7-10-12-24-15-19-26(20-16-24)29-23-28(14-9-6-3)30-27-21-17-25(18-22-27)13-11-8-5-2/h15-23H,4-14H2,1-3H3. The van der Waals surface area contributed by atoms with Gasteiger partial charge in [-0.1, -0.05) is 77.1 Å². The second kappa shape index (κ2) is 14.7. The van der Waals surface area contributed by atoms with Crippen LogP contribution in [0.5, 0.6) is 0 Å². The Morgan fingerprint density at radius 2 is 1.13 bits per heavy atom. The van der Waals surface area contributed by atoms with Gasteiger partial charge >= 0.3 is 0 Å². The van der Waals surface area contributed by atoms with Gasteiger partial charge in [0, 0.05) is 6.21 Å². The van der Waals surface area contributed by atoms with E-state index in [9.17, 15) is 0 Å². The van der Waals surface area contributed by atoms with Crippen molar-refractivity contribution in [2.24, 2.45) is 9.98 Å². The second-order valence-corrected chi connectivity index (χ2v) is 8.21. The van der Waals surface area contributed by atoms with Crippen molar-refractivity contribution in [3.63, 3.8) is 0 Å². The summed E-state index contributed by atoms with van der Waals surface area (Å²) in [6.07, 6.45) is 15.2. The van der Waals surface area contributed by atoms with E-state index in [1.54, 1.807) is 0 Å². The summed E-state index contributed by atoms with van der Waals surface area (Å²) in [7, 11) is 0. The zero-order chi connectivity index (χ0) is 21.4. The maximum absolute atomic E-state index is 4.88. The minimum atomic E-state index is 0.966. The van der Waals surface area contributed by atoms with Crippen LogP contribution in [0.2, 0.25) is 0 Å². The summed E-state index contributed by atoms with van der Waals surface area (Å²) in [6.45, 7) is 6.72. The van der Waals surface area contributed by atoms with Gasteiger partial charge in [0.1, 0.15) is 0 Å². The molecule has 0 radical (unpaired) electrons. The Kier molecular flexibility index (Phi) is 11.8. The predicted molar refractivity (Wildman–Crippen MR) is 134 cm³/mol. The van der Waals surface area contributed by atoms with E-state index in [0.717, 1.165) is 49.2 Å². The summed E-state index contributed by atoms with van der Waals surface area (Å²) in [4.78, 5) is 9.59. The summed E-state index contributed by atoms with van der Waals surface area (Å²) < 4.78 is 0. The van der Waals surface area contributed by atoms with Gasteiger partial charge < -0.3 is 0 Å². The van der Waals surface area contributed by atoms with Crippen molar-refractivity contribution in [1.29, 1.82) is 0 Å². The lowest BCUT2D eigenvalue weighted by Gasteiger charge is -2.04. The molecule has 0 bridgehead atoms. The smallest absolute Gasteiger partial charge is 0.0633 e. The van der Waals surface area contributed by atoms with E-state index in [1.807, 2.05) is 6.21 Å². The fourth-order valence-electron chi connectivity index (χ4n) is 3.47. The molecule has 0 saturated carbocycles. The van der Waals surface area contributed by atoms with Crippen molar-refractivity contribution in [3.05, 3.63) is 59.7 Å². The van der Waals surface area contributed by atoms with Crippen molar-refractivity contribution < 1.29 is 0 Å². The molecule has 2 nitrogen and oxygen atoms in total. The third kappa shape index (κ3) is 9.52. The van der Waals surface area contributed by atoms with Crippen LogP contribution in [-0.2, 0) is 12.8 Å². The van der Waals surface area contributed by atoms with E-state index in [4.69, 9.17) is 9.98 Å². The third-order valence-corrected chi connectivity index (χ3v) is 5.43. The Bertz CT molecular complexity index is 754. The molecular formula is C28H40N2. The van der Waals surface area contributed by atoms with Crippen molar-refractivity contribution >= 4 is 23.3 Å². The Morgan fingerprint density at radius 3 is 1.63 bits per heavy atom. The summed E-state index contributed by atoms with van der Waals surface area (Å²) in [6, 6.07) is 17.4. The van der Waals surface area contributed by atoms with Crippen LogP contribution in [0.4, 0.5) is 11.4 Å². The molecule has 2 aromatic rings. The molecule has 0 saturated heterocycles. The lowest BCUT2D eigenvalue weighted by Crippen LogP contribution is -1.99. The number of unbranched alkanes of at least 4 members (excludes halogenated alkanes) is 5. The first-order valence-corrected chi connectivity index (χ1v) is 12.0. The van der Waals surface area contributed by atoms with Gasteiger partial charge in [0.05, 0.1) is 17.1 Å². The van der Waals surface area contributed by atoms with E-state index >= 15 is 0 Å². The SMILES string of the molecule is CCCCCc1ccc(N=CC(CCCC)=Nc2ccc(CCCCC)cc2)cc1. The fourth-order valence-corrected chi connectivity index (χ4v) is 3.47. The van der Waals surface area contributed by atoms with Gasteiger partial charge in [0.2, 0.25) is 0 Å². The van der Waals surface area contributed by atoms with Gasteiger partial charge in [0.15, 0.2) is 0 Å². The molecule has 0 aliphatic carbocycles. The first-order valence-electron chi connectivity index (χ1n) is 12.0. The van der Waals surface area contributed by atoms with Gasteiger partial charge in [-0.3, -0.25) is 9.98 Å². The summed E-state index contributed by atoms with van der Waals surface area (Å²) in [5.74, 6) is 0. The molecule has 0 aromatic heterocycles. The minimum Gasteiger partial charge on any atom is -0.255 e. The predicted octanol–water partition coefficient (Wildman–Crippen LogP) is 8.82. The zero-order valence-corrected chi connectivity index (χ0v) is 19.4. The molecule has 2 rings (SSSR count). The van der Waals surface area contributed by atoms with Crippen molar-refractivity contribution in [3.8, 4) is 0 Å². The average molecular weight is 405 g/mol. The number of hydrogen-bond acceptors (Lipinski definition) is 2. The number of benzene rings is 2. The molecule has 2 heteroatoms. The van der Waals surface area contributed by atoms with E-state index in [2.05, 4.69) is 69.3 Å². The molecular weight excluding hydrogens is 364 g/mol. The maximum Gasteiger partial charge on any atom is 0.0633 e. The molecule has 2 aromatic carbocycles. The highest BCUT2D eigenvalue weighted by Crippen LogP contribution is 2.18. The second-order valence-electron chi connectivity index (χ2n) is 8.21. The highest BCUT2D eigenvalue weighted by molar-refractivity contribution is 6.31. The first kappa shape index (κ1) is 24.1. The normalized spacial score (nSPS) is 12.0. The van der Waals surface area contributed by atoms with E-state index in [1.165, 1.54) is 49.7 Å². The molecule has 162 valence electrons. The van der Waals surface area contributed by atoms with E-state index in [-0.39, 0.29) is 0 Å². The molecule has 0 amide bonds. The molecule has 0 spiro atoms. The molecule has 0 fully saturated rings. The lowest BCUT2D eigenvalue weighted by molar-refractivity contribution is 0.717.